The molecule has 20 heteroatoms. The number of carbonyl (C=O) groups excluding carboxylic acids is 4. The van der Waals surface area contributed by atoms with Gasteiger partial charge in [0.2, 0.25) is 5.43 Å². The lowest BCUT2D eigenvalue weighted by Gasteiger charge is -2.19. The van der Waals surface area contributed by atoms with Crippen molar-refractivity contribution in [3.05, 3.63) is 56.8 Å². The molecule has 0 aliphatic rings. The average Bonchev–Trinajstić information content (AvgIpc) is 3.21. The van der Waals surface area contributed by atoms with E-state index in [1.165, 1.54) is 33.5 Å². The molecule has 0 saturated carbocycles. The summed E-state index contributed by atoms with van der Waals surface area (Å²) in [6, 6.07) is 0.712. The molecule has 0 saturated heterocycles. The van der Waals surface area contributed by atoms with Gasteiger partial charge in [-0.15, -0.1) is 0 Å². The van der Waals surface area contributed by atoms with Crippen molar-refractivity contribution >= 4 is 57.6 Å². The molecular formula is C42H58N8O12. The standard InChI is InChI=1S/C42H58N8O12/c1-22(2)12-14-24-28(60-20-32(51)49-26(39(55)58-6)10-8-16-47-41(43)44)18-30-35(36(24)53)37(54)34-25(15-13-23(3)4)38(57-5)31(19-29(34)62-30)61-21-33(52)50-27(40(56)59-7)11-9-17-48-42(45)46/h12-13,18-19,26-27,53H,8-11,14-17,20-21H2,1-7H3,(H,49,51)(H,50,52)(H4,43,44,47)(H4,45,46,48)/t26-,27-/m0/s1. The summed E-state index contributed by atoms with van der Waals surface area (Å²) < 4.78 is 33.6. The van der Waals surface area contributed by atoms with Gasteiger partial charge in [-0.05, 0) is 66.2 Å². The summed E-state index contributed by atoms with van der Waals surface area (Å²) in [4.78, 5) is 65.7. The maximum Gasteiger partial charge on any atom is 0.328 e. The summed E-state index contributed by atoms with van der Waals surface area (Å²) in [7, 11) is 3.75. The van der Waals surface area contributed by atoms with Gasteiger partial charge in [0.25, 0.3) is 11.8 Å². The van der Waals surface area contributed by atoms with Crippen molar-refractivity contribution in [1.82, 2.24) is 21.3 Å². The van der Waals surface area contributed by atoms with Crippen LogP contribution in [0.2, 0.25) is 0 Å². The molecule has 1 aromatic heterocycles. The van der Waals surface area contributed by atoms with Gasteiger partial charge in [0.15, 0.2) is 36.6 Å². The Kier molecular flexibility index (Phi) is 18.9. The number of guanidine groups is 2. The highest BCUT2D eigenvalue weighted by Gasteiger charge is 2.27. The van der Waals surface area contributed by atoms with Gasteiger partial charge in [0, 0.05) is 36.3 Å². The number of hydrogen-bond donors (Lipinski definition) is 9. The molecule has 2 amide bonds. The van der Waals surface area contributed by atoms with Gasteiger partial charge >= 0.3 is 11.9 Å². The SMILES string of the molecule is COC(=O)[C@H](CCCNC(=N)N)NC(=O)COc1cc2oc3cc(OCC(=O)N[C@@H](CCCNC(=N)N)C(=O)OC)c(OC)c(CC=C(C)C)c3c(=O)c2c(O)c1CC=C(C)C. The van der Waals surface area contributed by atoms with Gasteiger partial charge in [-0.25, -0.2) is 9.59 Å². The number of amides is 2. The maximum absolute atomic E-state index is 14.6. The van der Waals surface area contributed by atoms with Gasteiger partial charge in [-0.2, -0.15) is 0 Å². The predicted molar refractivity (Wildman–Crippen MR) is 232 cm³/mol. The minimum Gasteiger partial charge on any atom is -0.507 e. The Morgan fingerprint density at radius 2 is 1.19 bits per heavy atom. The van der Waals surface area contributed by atoms with E-state index in [4.69, 9.17) is 50.4 Å². The molecule has 11 N–H and O–H groups in total. The summed E-state index contributed by atoms with van der Waals surface area (Å²) in [6.45, 7) is 6.84. The van der Waals surface area contributed by atoms with Crippen LogP contribution in [-0.2, 0) is 41.5 Å². The molecule has 0 bridgehead atoms. The number of benzene rings is 2. The van der Waals surface area contributed by atoms with E-state index in [0.29, 0.717) is 18.4 Å². The summed E-state index contributed by atoms with van der Waals surface area (Å²) >= 11 is 0. The van der Waals surface area contributed by atoms with Crippen LogP contribution in [0.4, 0.5) is 0 Å². The van der Waals surface area contributed by atoms with E-state index in [1.54, 1.807) is 6.08 Å². The fourth-order valence-corrected chi connectivity index (χ4v) is 6.27. The Hall–Kier alpha value is -6.99. The Morgan fingerprint density at radius 3 is 1.65 bits per heavy atom. The van der Waals surface area contributed by atoms with Crippen molar-refractivity contribution in [2.45, 2.75) is 78.3 Å². The quantitative estimate of drug-likeness (QED) is 0.0165. The zero-order valence-electron chi connectivity index (χ0n) is 36.1. The largest absolute Gasteiger partial charge is 0.507 e. The van der Waals surface area contributed by atoms with Crippen molar-refractivity contribution in [3.8, 4) is 23.0 Å². The number of carbonyl (C=O) groups is 4. The van der Waals surface area contributed by atoms with Gasteiger partial charge in [0.05, 0.1) is 26.7 Å². The molecule has 0 aliphatic carbocycles. The van der Waals surface area contributed by atoms with E-state index >= 15 is 0 Å². The van der Waals surface area contributed by atoms with E-state index in [-0.39, 0.29) is 95.4 Å². The summed E-state index contributed by atoms with van der Waals surface area (Å²) in [5.41, 5.74) is 12.3. The van der Waals surface area contributed by atoms with Crippen LogP contribution in [0.3, 0.4) is 0 Å². The van der Waals surface area contributed by atoms with Crippen molar-refractivity contribution in [1.29, 1.82) is 10.8 Å². The van der Waals surface area contributed by atoms with Gasteiger partial charge in [-0.1, -0.05) is 23.3 Å². The van der Waals surface area contributed by atoms with E-state index < -0.39 is 60.2 Å². The van der Waals surface area contributed by atoms with E-state index in [9.17, 15) is 29.1 Å². The summed E-state index contributed by atoms with van der Waals surface area (Å²) in [5.74, 6) is -3.44. The first-order chi connectivity index (χ1) is 29.4. The first-order valence-electron chi connectivity index (χ1n) is 19.7. The number of phenolic OH excluding ortho intramolecular Hbond substituents is 1. The molecule has 0 aliphatic heterocycles. The number of nitrogens with one attached hydrogen (secondary N) is 6. The third-order valence-corrected chi connectivity index (χ3v) is 9.27. The molecule has 62 heavy (non-hydrogen) atoms. The number of ether oxygens (including phenoxy) is 5. The normalized spacial score (nSPS) is 11.7. The van der Waals surface area contributed by atoms with E-state index in [2.05, 4.69) is 21.3 Å². The van der Waals surface area contributed by atoms with Crippen LogP contribution in [0.15, 0.2) is 44.6 Å². The minimum atomic E-state index is -1.03. The zero-order valence-corrected chi connectivity index (χ0v) is 36.1. The number of fused-ring (bicyclic) bond motifs is 2. The number of hydrogen-bond acceptors (Lipinski definition) is 14. The summed E-state index contributed by atoms with van der Waals surface area (Å²) in [6.07, 6.45) is 5.05. The topological polar surface area (TPSA) is 313 Å². The Labute approximate surface area is 358 Å². The number of aromatic hydroxyl groups is 1. The molecule has 3 aromatic rings. The zero-order chi connectivity index (χ0) is 46.1. The second kappa shape index (κ2) is 23.7. The molecule has 0 spiro atoms. The average molecular weight is 867 g/mol. The molecule has 338 valence electrons. The Morgan fingerprint density at radius 1 is 0.742 bits per heavy atom. The molecule has 2 atom stereocenters. The van der Waals surface area contributed by atoms with Crippen molar-refractivity contribution in [3.63, 3.8) is 0 Å². The number of rotatable bonds is 23. The molecule has 3 rings (SSSR count). The van der Waals surface area contributed by atoms with E-state index in [1.807, 2.05) is 33.8 Å². The van der Waals surface area contributed by atoms with Crippen LogP contribution in [-0.4, -0.2) is 100 Å². The van der Waals surface area contributed by atoms with Crippen LogP contribution < -0.4 is 52.4 Å². The second-order valence-corrected chi connectivity index (χ2v) is 14.6. The maximum atomic E-state index is 14.6. The number of methoxy groups -OCH3 is 3. The molecule has 1 heterocycles. The fourth-order valence-electron chi connectivity index (χ4n) is 6.27. The van der Waals surface area contributed by atoms with Crippen molar-refractivity contribution in [2.75, 3.05) is 47.6 Å². The predicted octanol–water partition coefficient (Wildman–Crippen LogP) is 2.28. The number of phenols is 1. The molecule has 0 radical (unpaired) electrons. The number of esters is 2. The first kappa shape index (κ1) is 49.4. The number of allylic oxidation sites excluding steroid dienone is 4. The van der Waals surface area contributed by atoms with Crippen molar-refractivity contribution in [2.24, 2.45) is 11.5 Å². The van der Waals surface area contributed by atoms with Gasteiger partial charge in [0.1, 0.15) is 40.1 Å². The highest BCUT2D eigenvalue weighted by molar-refractivity contribution is 5.98. The summed E-state index contributed by atoms with van der Waals surface area (Å²) in [5, 5.41) is 36.7. The second-order valence-electron chi connectivity index (χ2n) is 14.6. The van der Waals surface area contributed by atoms with Crippen LogP contribution in [0, 0.1) is 10.8 Å². The molecule has 20 nitrogen and oxygen atoms in total. The van der Waals surface area contributed by atoms with E-state index in [0.717, 1.165) is 11.1 Å². The lowest BCUT2D eigenvalue weighted by Crippen LogP contribution is -2.44. The lowest BCUT2D eigenvalue weighted by molar-refractivity contribution is -0.145. The smallest absolute Gasteiger partial charge is 0.328 e. The first-order valence-corrected chi connectivity index (χ1v) is 19.7. The molecule has 2 aromatic carbocycles. The Bertz CT molecular complexity index is 2260. The third-order valence-electron chi connectivity index (χ3n) is 9.27. The monoisotopic (exact) mass is 866 g/mol. The highest BCUT2D eigenvalue weighted by Crippen LogP contribution is 2.41. The van der Waals surface area contributed by atoms with Crippen LogP contribution in [0.5, 0.6) is 23.0 Å². The molecule has 0 unspecified atom stereocenters. The van der Waals surface area contributed by atoms with Gasteiger partial charge in [-0.3, -0.25) is 25.2 Å². The third kappa shape index (κ3) is 14.1. The fraction of sp³-hybridized carbons (Fsp3) is 0.452. The van der Waals surface area contributed by atoms with Crippen LogP contribution in [0.1, 0.15) is 64.5 Å². The van der Waals surface area contributed by atoms with Crippen LogP contribution in [0.25, 0.3) is 21.9 Å². The van der Waals surface area contributed by atoms with Gasteiger partial charge < -0.3 is 65.9 Å². The molecule has 0 fully saturated rings. The van der Waals surface area contributed by atoms with Crippen LogP contribution >= 0.6 is 0 Å². The minimum absolute atomic E-state index is 0.0154. The lowest BCUT2D eigenvalue weighted by atomic mass is 9.98. The molecular weight excluding hydrogens is 809 g/mol. The Balaban J connectivity index is 2.09. The number of nitrogens with two attached hydrogens (primary N) is 2. The highest BCUT2D eigenvalue weighted by atomic mass is 16.5. The van der Waals surface area contributed by atoms with Crippen molar-refractivity contribution < 1.29 is 52.4 Å².